The second-order valence-electron chi connectivity index (χ2n) is 4.07. The highest BCUT2D eigenvalue weighted by Crippen LogP contribution is 2.23. The predicted molar refractivity (Wildman–Crippen MR) is 69.4 cm³/mol. The predicted octanol–water partition coefficient (Wildman–Crippen LogP) is 0.970. The van der Waals surface area contributed by atoms with Crippen LogP contribution in [-0.4, -0.2) is 33.7 Å². The quantitative estimate of drug-likeness (QED) is 0.502. The number of primary sulfonamides is 1. The minimum absolute atomic E-state index is 0.0422. The van der Waals surface area contributed by atoms with Crippen LogP contribution in [0.5, 0.6) is 0 Å². The highest BCUT2D eigenvalue weighted by molar-refractivity contribution is 7.89. The Morgan fingerprint density at radius 3 is 2.65 bits per heavy atom. The van der Waals surface area contributed by atoms with E-state index in [2.05, 4.69) is 10.0 Å². The Bertz CT molecular complexity index is 665. The van der Waals surface area contributed by atoms with Crippen LogP contribution in [0.1, 0.15) is 0 Å². The Kier molecular flexibility index (Phi) is 3.79. The zero-order chi connectivity index (χ0) is 14.8. The lowest BCUT2D eigenvalue weighted by atomic mass is 10.3. The molecule has 1 saturated heterocycles. The van der Waals surface area contributed by atoms with Gasteiger partial charge in [-0.05, 0) is 29.8 Å². The fraction of sp³-hybridized carbons (Fsp3) is 0.300. The van der Waals surface area contributed by atoms with Gasteiger partial charge in [-0.3, -0.25) is 4.90 Å². The molecule has 1 heterocycles. The van der Waals surface area contributed by atoms with Gasteiger partial charge in [0.2, 0.25) is 10.0 Å². The lowest BCUT2D eigenvalue weighted by Crippen LogP contribution is -2.25. The van der Waals surface area contributed by atoms with Gasteiger partial charge < -0.3 is 4.74 Å². The summed E-state index contributed by atoms with van der Waals surface area (Å²) in [5.41, 5.74) is 8.70. The molecule has 1 aromatic carbocycles. The number of nitrogens with zero attached hydrogens (tertiary/aromatic N) is 4. The van der Waals surface area contributed by atoms with Crippen LogP contribution in [0.15, 0.2) is 34.3 Å². The van der Waals surface area contributed by atoms with E-state index in [1.165, 1.54) is 29.2 Å². The normalized spacial score (nSPS) is 18.6. The lowest BCUT2D eigenvalue weighted by molar-refractivity contribution is 0.145. The second kappa shape index (κ2) is 5.37. The molecule has 1 atom stereocenters. The number of carbonyl (C=O) groups is 1. The number of rotatable bonds is 4. The summed E-state index contributed by atoms with van der Waals surface area (Å²) >= 11 is 0. The molecule has 1 aliphatic heterocycles. The van der Waals surface area contributed by atoms with Gasteiger partial charge in [0, 0.05) is 10.6 Å². The van der Waals surface area contributed by atoms with E-state index in [1.807, 2.05) is 0 Å². The van der Waals surface area contributed by atoms with Crippen LogP contribution in [0.3, 0.4) is 0 Å². The Morgan fingerprint density at radius 1 is 1.45 bits per heavy atom. The number of azide groups is 1. The summed E-state index contributed by atoms with van der Waals surface area (Å²) in [6.07, 6.45) is -1.09. The third kappa shape index (κ3) is 2.99. The summed E-state index contributed by atoms with van der Waals surface area (Å²) in [6, 6.07) is 5.52. The van der Waals surface area contributed by atoms with E-state index < -0.39 is 22.2 Å². The van der Waals surface area contributed by atoms with Gasteiger partial charge in [-0.25, -0.2) is 18.4 Å². The molecular formula is C10H11N5O4S. The molecule has 0 radical (unpaired) electrons. The minimum Gasteiger partial charge on any atom is -0.444 e. The maximum absolute atomic E-state index is 11.7. The third-order valence-corrected chi connectivity index (χ3v) is 3.63. The van der Waals surface area contributed by atoms with Crippen molar-refractivity contribution in [3.63, 3.8) is 0 Å². The largest absolute Gasteiger partial charge is 0.444 e. The van der Waals surface area contributed by atoms with Gasteiger partial charge in [0.25, 0.3) is 0 Å². The smallest absolute Gasteiger partial charge is 0.414 e. The van der Waals surface area contributed by atoms with Crippen molar-refractivity contribution in [1.29, 1.82) is 0 Å². The average Bonchev–Trinajstić information content (AvgIpc) is 2.77. The molecule has 106 valence electrons. The standard InChI is InChI=1S/C10H11N5O4S/c11-14-13-5-8-6-15(10(16)19-8)7-1-3-9(4-2-7)20(12,17)18/h1-4,8H,5-6H2,(H2,12,17,18)/t8-/m0/s1. The topological polar surface area (TPSA) is 138 Å². The van der Waals surface area contributed by atoms with Crippen molar-refractivity contribution in [1.82, 2.24) is 0 Å². The molecule has 1 aromatic rings. The zero-order valence-electron chi connectivity index (χ0n) is 10.2. The summed E-state index contributed by atoms with van der Waals surface area (Å²) in [6.45, 7) is 0.278. The Balaban J connectivity index is 2.16. The highest BCUT2D eigenvalue weighted by atomic mass is 32.2. The molecule has 9 nitrogen and oxygen atoms in total. The first-order chi connectivity index (χ1) is 9.41. The van der Waals surface area contributed by atoms with Crippen molar-refractivity contribution in [2.75, 3.05) is 18.0 Å². The summed E-state index contributed by atoms with van der Waals surface area (Å²) in [5.74, 6) is 0. The van der Waals surface area contributed by atoms with Crippen molar-refractivity contribution in [2.24, 2.45) is 10.3 Å². The summed E-state index contributed by atoms with van der Waals surface area (Å²) in [5, 5.41) is 8.33. The van der Waals surface area contributed by atoms with E-state index in [9.17, 15) is 13.2 Å². The molecule has 2 N–H and O–H groups in total. The molecule has 0 aromatic heterocycles. The third-order valence-electron chi connectivity index (χ3n) is 2.70. The maximum atomic E-state index is 11.7. The lowest BCUT2D eigenvalue weighted by Gasteiger charge is -2.12. The number of hydrogen-bond acceptors (Lipinski definition) is 5. The van der Waals surface area contributed by atoms with Crippen LogP contribution in [0.25, 0.3) is 10.4 Å². The molecule has 10 heteroatoms. The summed E-state index contributed by atoms with van der Waals surface area (Å²) in [7, 11) is -3.77. The van der Waals surface area contributed by atoms with Gasteiger partial charge in [-0.2, -0.15) is 0 Å². The average molecular weight is 297 g/mol. The van der Waals surface area contributed by atoms with Gasteiger partial charge in [0.1, 0.15) is 6.10 Å². The van der Waals surface area contributed by atoms with Gasteiger partial charge in [0.15, 0.2) is 0 Å². The number of amides is 1. The fourth-order valence-electron chi connectivity index (χ4n) is 1.77. The minimum atomic E-state index is -3.77. The van der Waals surface area contributed by atoms with E-state index in [0.717, 1.165) is 0 Å². The fourth-order valence-corrected chi connectivity index (χ4v) is 2.29. The van der Waals surface area contributed by atoms with E-state index in [0.29, 0.717) is 5.69 Å². The Labute approximate surface area is 114 Å². The van der Waals surface area contributed by atoms with Crippen molar-refractivity contribution >= 4 is 21.8 Å². The number of carbonyl (C=O) groups excluding carboxylic acids is 1. The van der Waals surface area contributed by atoms with E-state index >= 15 is 0 Å². The van der Waals surface area contributed by atoms with Crippen molar-refractivity contribution in [3.8, 4) is 0 Å². The molecule has 0 aliphatic carbocycles. The van der Waals surface area contributed by atoms with Crippen LogP contribution in [0.2, 0.25) is 0 Å². The van der Waals surface area contributed by atoms with Crippen LogP contribution < -0.4 is 10.0 Å². The molecule has 0 spiro atoms. The van der Waals surface area contributed by atoms with Gasteiger partial charge in [-0.1, -0.05) is 5.11 Å². The van der Waals surface area contributed by atoms with Gasteiger partial charge in [0.05, 0.1) is 18.0 Å². The first-order valence-electron chi connectivity index (χ1n) is 5.53. The number of hydrogen-bond donors (Lipinski definition) is 1. The Morgan fingerprint density at radius 2 is 2.10 bits per heavy atom. The second-order valence-corrected chi connectivity index (χ2v) is 5.63. The van der Waals surface area contributed by atoms with E-state index in [-0.39, 0.29) is 18.0 Å². The molecule has 0 saturated carbocycles. The number of sulfonamides is 1. The number of benzene rings is 1. The van der Waals surface area contributed by atoms with E-state index in [4.69, 9.17) is 15.4 Å². The number of cyclic esters (lactones) is 1. The first-order valence-corrected chi connectivity index (χ1v) is 7.08. The van der Waals surface area contributed by atoms with E-state index in [1.54, 1.807) is 0 Å². The van der Waals surface area contributed by atoms with Crippen LogP contribution in [-0.2, 0) is 14.8 Å². The van der Waals surface area contributed by atoms with Gasteiger partial charge in [-0.15, -0.1) is 0 Å². The molecule has 20 heavy (non-hydrogen) atoms. The SMILES string of the molecule is [N-]=[N+]=NC[C@H]1CN(c2ccc(S(N)(=O)=O)cc2)C(=O)O1. The highest BCUT2D eigenvalue weighted by Gasteiger charge is 2.31. The maximum Gasteiger partial charge on any atom is 0.414 e. The number of anilines is 1. The molecule has 1 aliphatic rings. The summed E-state index contributed by atoms with van der Waals surface area (Å²) in [4.78, 5) is 15.5. The molecule has 1 fully saturated rings. The number of ether oxygens (including phenoxy) is 1. The van der Waals surface area contributed by atoms with Crippen molar-refractivity contribution in [2.45, 2.75) is 11.0 Å². The zero-order valence-corrected chi connectivity index (χ0v) is 11.0. The van der Waals surface area contributed by atoms with Crippen LogP contribution >= 0.6 is 0 Å². The first kappa shape index (κ1) is 14.1. The molecule has 1 amide bonds. The summed E-state index contributed by atoms with van der Waals surface area (Å²) < 4.78 is 27.3. The van der Waals surface area contributed by atoms with Crippen LogP contribution in [0.4, 0.5) is 10.5 Å². The molecular weight excluding hydrogens is 286 g/mol. The van der Waals surface area contributed by atoms with Crippen molar-refractivity contribution in [3.05, 3.63) is 34.7 Å². The van der Waals surface area contributed by atoms with Gasteiger partial charge >= 0.3 is 6.09 Å². The van der Waals surface area contributed by atoms with Crippen molar-refractivity contribution < 1.29 is 17.9 Å². The van der Waals surface area contributed by atoms with Crippen LogP contribution in [0, 0.1) is 0 Å². The molecule has 0 bridgehead atoms. The Hall–Kier alpha value is -2.29. The number of nitrogens with two attached hydrogens (primary N) is 1. The molecule has 2 rings (SSSR count). The monoisotopic (exact) mass is 297 g/mol. The molecule has 0 unspecified atom stereocenters.